The second-order valence-corrected chi connectivity index (χ2v) is 5.28. The van der Waals surface area contributed by atoms with Crippen LogP contribution in [0, 0.1) is 17.1 Å². The van der Waals surface area contributed by atoms with Gasteiger partial charge >= 0.3 is 0 Å². The Balaban J connectivity index is 1.75. The Morgan fingerprint density at radius 3 is 2.94 bits per heavy atom. The van der Waals surface area contributed by atoms with Gasteiger partial charge in [-0.05, 0) is 37.5 Å². The average molecular weight is 245 g/mol. The molecule has 3 rings (SSSR count). The molecule has 1 saturated carbocycles. The molecule has 4 heteroatoms. The lowest BCUT2D eigenvalue weighted by molar-refractivity contribution is 0.319. The van der Waals surface area contributed by atoms with Gasteiger partial charge < -0.3 is 5.32 Å². The van der Waals surface area contributed by atoms with E-state index in [1.165, 1.54) is 25.0 Å². The number of benzene rings is 1. The first-order chi connectivity index (χ1) is 8.71. The Morgan fingerprint density at radius 2 is 2.28 bits per heavy atom. The van der Waals surface area contributed by atoms with Crippen LogP contribution in [0.3, 0.4) is 0 Å². The fourth-order valence-electron chi connectivity index (χ4n) is 2.65. The van der Waals surface area contributed by atoms with Crippen molar-refractivity contribution in [2.24, 2.45) is 0 Å². The van der Waals surface area contributed by atoms with Crippen LogP contribution in [0.25, 0.3) is 0 Å². The molecule has 1 heterocycles. The third-order valence-corrected chi connectivity index (χ3v) is 3.78. The van der Waals surface area contributed by atoms with Crippen LogP contribution in [0.15, 0.2) is 24.3 Å². The standard InChI is InChI=1S/C14H16FN3/c15-11-2-1-3-12(8-11)17-14(9-16)6-7-18(10-14)13-4-5-13/h1-3,8,13,17H,4-7,10H2. The quantitative estimate of drug-likeness (QED) is 0.888. The van der Waals surface area contributed by atoms with Gasteiger partial charge in [0, 0.05) is 24.8 Å². The van der Waals surface area contributed by atoms with Gasteiger partial charge in [-0.3, -0.25) is 4.90 Å². The molecule has 1 atom stereocenters. The van der Waals surface area contributed by atoms with Crippen LogP contribution in [0.5, 0.6) is 0 Å². The molecule has 2 aliphatic rings. The summed E-state index contributed by atoms with van der Waals surface area (Å²) in [7, 11) is 0. The van der Waals surface area contributed by atoms with E-state index in [1.807, 2.05) is 6.07 Å². The van der Waals surface area contributed by atoms with Crippen molar-refractivity contribution in [2.45, 2.75) is 30.8 Å². The summed E-state index contributed by atoms with van der Waals surface area (Å²) in [5, 5.41) is 12.6. The number of hydrogen-bond donors (Lipinski definition) is 1. The zero-order chi connectivity index (χ0) is 12.6. The molecule has 1 aromatic rings. The highest BCUT2D eigenvalue weighted by Crippen LogP contribution is 2.34. The summed E-state index contributed by atoms with van der Waals surface area (Å²) in [6.45, 7) is 1.70. The van der Waals surface area contributed by atoms with Gasteiger partial charge in [-0.2, -0.15) is 5.26 Å². The van der Waals surface area contributed by atoms with Gasteiger partial charge in [0.1, 0.15) is 11.4 Å². The fraction of sp³-hybridized carbons (Fsp3) is 0.500. The van der Waals surface area contributed by atoms with E-state index in [4.69, 9.17) is 0 Å². The largest absolute Gasteiger partial charge is 0.366 e. The Labute approximate surface area is 106 Å². The van der Waals surface area contributed by atoms with Crippen LogP contribution < -0.4 is 5.32 Å². The van der Waals surface area contributed by atoms with Crippen LogP contribution in [0.2, 0.25) is 0 Å². The summed E-state index contributed by atoms with van der Waals surface area (Å²) in [5.74, 6) is -0.273. The van der Waals surface area contributed by atoms with Crippen molar-refractivity contribution in [3.63, 3.8) is 0 Å². The van der Waals surface area contributed by atoms with E-state index in [0.717, 1.165) is 19.5 Å². The van der Waals surface area contributed by atoms with Crippen LogP contribution in [0.1, 0.15) is 19.3 Å². The van der Waals surface area contributed by atoms with Crippen LogP contribution >= 0.6 is 0 Å². The summed E-state index contributed by atoms with van der Waals surface area (Å²) in [6, 6.07) is 9.38. The van der Waals surface area contributed by atoms with Gasteiger partial charge in [0.25, 0.3) is 0 Å². The zero-order valence-corrected chi connectivity index (χ0v) is 10.2. The van der Waals surface area contributed by atoms with E-state index in [9.17, 15) is 9.65 Å². The summed E-state index contributed by atoms with van der Waals surface area (Å²) >= 11 is 0. The highest BCUT2D eigenvalue weighted by molar-refractivity contribution is 5.48. The second kappa shape index (κ2) is 4.25. The first kappa shape index (κ1) is 11.5. The average Bonchev–Trinajstić information content (AvgIpc) is 3.12. The fourth-order valence-corrected chi connectivity index (χ4v) is 2.65. The Morgan fingerprint density at radius 1 is 1.44 bits per heavy atom. The molecule has 1 N–H and O–H groups in total. The normalized spacial score (nSPS) is 28.0. The summed E-state index contributed by atoms with van der Waals surface area (Å²) in [4.78, 5) is 2.37. The molecule has 1 aliphatic carbocycles. The van der Waals surface area contributed by atoms with E-state index in [1.54, 1.807) is 6.07 Å². The highest BCUT2D eigenvalue weighted by atomic mass is 19.1. The minimum Gasteiger partial charge on any atom is -0.366 e. The minimum absolute atomic E-state index is 0.273. The predicted molar refractivity (Wildman–Crippen MR) is 67.6 cm³/mol. The van der Waals surface area contributed by atoms with E-state index in [0.29, 0.717) is 11.7 Å². The molecule has 1 aromatic carbocycles. The van der Waals surface area contributed by atoms with E-state index >= 15 is 0 Å². The first-order valence-electron chi connectivity index (χ1n) is 6.40. The lowest BCUT2D eigenvalue weighted by Crippen LogP contribution is -2.40. The van der Waals surface area contributed by atoms with Crippen molar-refractivity contribution in [3.05, 3.63) is 30.1 Å². The van der Waals surface area contributed by atoms with Gasteiger partial charge in [-0.15, -0.1) is 0 Å². The first-order valence-corrected chi connectivity index (χ1v) is 6.40. The topological polar surface area (TPSA) is 39.1 Å². The molecular weight excluding hydrogens is 229 g/mol. The molecule has 1 saturated heterocycles. The molecular formula is C14H16FN3. The number of halogens is 1. The SMILES string of the molecule is N#CC1(Nc2cccc(F)c2)CCN(C2CC2)C1. The van der Waals surface area contributed by atoms with Crippen molar-refractivity contribution in [3.8, 4) is 6.07 Å². The third kappa shape index (κ3) is 2.19. The van der Waals surface area contributed by atoms with Crippen molar-refractivity contribution >= 4 is 5.69 Å². The Kier molecular flexibility index (Phi) is 2.71. The molecule has 0 aromatic heterocycles. The van der Waals surface area contributed by atoms with Crippen LogP contribution in [-0.2, 0) is 0 Å². The lowest BCUT2D eigenvalue weighted by atomic mass is 10.0. The van der Waals surface area contributed by atoms with Gasteiger partial charge in [-0.25, -0.2) is 4.39 Å². The van der Waals surface area contributed by atoms with E-state index < -0.39 is 5.54 Å². The maximum atomic E-state index is 13.2. The van der Waals surface area contributed by atoms with Gasteiger partial charge in [-0.1, -0.05) is 6.07 Å². The number of rotatable bonds is 3. The molecule has 2 fully saturated rings. The number of likely N-dealkylation sites (tertiary alicyclic amines) is 1. The predicted octanol–water partition coefficient (Wildman–Crippen LogP) is 2.37. The smallest absolute Gasteiger partial charge is 0.139 e. The number of nitrogens with zero attached hydrogens (tertiary/aromatic N) is 2. The molecule has 1 unspecified atom stereocenters. The maximum Gasteiger partial charge on any atom is 0.139 e. The third-order valence-electron chi connectivity index (χ3n) is 3.78. The Bertz CT molecular complexity index is 492. The molecule has 0 radical (unpaired) electrons. The minimum atomic E-state index is -0.559. The zero-order valence-electron chi connectivity index (χ0n) is 10.2. The monoisotopic (exact) mass is 245 g/mol. The number of anilines is 1. The molecule has 94 valence electrons. The number of nitrogens with one attached hydrogen (secondary N) is 1. The summed E-state index contributed by atoms with van der Waals surface area (Å²) in [6.07, 6.45) is 3.31. The summed E-state index contributed by atoms with van der Waals surface area (Å²) in [5.41, 5.74) is 0.130. The van der Waals surface area contributed by atoms with E-state index in [2.05, 4.69) is 16.3 Å². The van der Waals surface area contributed by atoms with Gasteiger partial charge in [0.2, 0.25) is 0 Å². The molecule has 0 spiro atoms. The number of nitriles is 1. The molecule has 1 aliphatic heterocycles. The van der Waals surface area contributed by atoms with Crippen molar-refractivity contribution in [2.75, 3.05) is 18.4 Å². The van der Waals surface area contributed by atoms with Crippen molar-refractivity contribution < 1.29 is 4.39 Å². The number of hydrogen-bond acceptors (Lipinski definition) is 3. The molecule has 18 heavy (non-hydrogen) atoms. The van der Waals surface area contributed by atoms with Gasteiger partial charge in [0.15, 0.2) is 0 Å². The highest BCUT2D eigenvalue weighted by Gasteiger charge is 2.43. The maximum absolute atomic E-state index is 13.2. The van der Waals surface area contributed by atoms with Crippen LogP contribution in [-0.4, -0.2) is 29.6 Å². The van der Waals surface area contributed by atoms with Crippen LogP contribution in [0.4, 0.5) is 10.1 Å². The summed E-state index contributed by atoms with van der Waals surface area (Å²) < 4.78 is 13.2. The molecule has 3 nitrogen and oxygen atoms in total. The van der Waals surface area contributed by atoms with E-state index in [-0.39, 0.29) is 5.82 Å². The van der Waals surface area contributed by atoms with Crippen molar-refractivity contribution in [1.82, 2.24) is 4.90 Å². The lowest BCUT2D eigenvalue weighted by Gasteiger charge is -2.24. The Hall–Kier alpha value is -1.60. The van der Waals surface area contributed by atoms with Crippen molar-refractivity contribution in [1.29, 1.82) is 5.26 Å². The van der Waals surface area contributed by atoms with Gasteiger partial charge in [0.05, 0.1) is 6.07 Å². The second-order valence-electron chi connectivity index (χ2n) is 5.28. The molecule has 0 amide bonds. The molecule has 0 bridgehead atoms.